The average molecular weight is 288 g/mol. The molecule has 1 heterocycles. The molecule has 0 bridgehead atoms. The molecule has 0 unspecified atom stereocenters. The van der Waals surface area contributed by atoms with E-state index in [4.69, 9.17) is 5.73 Å². The van der Waals surface area contributed by atoms with E-state index in [1.165, 1.54) is 5.56 Å². The first-order valence-corrected chi connectivity index (χ1v) is 7.07. The van der Waals surface area contributed by atoms with Gasteiger partial charge < -0.3 is 5.73 Å². The standard InChI is InChI=1S/C14H16N4OS/c1-3-10-4-6-11(7-5-10)8-16-18-13(19)12-9(2)17-14(15)20-12/h4-8H,3H2,1-2H3,(H2,15,17)(H,18,19). The molecule has 20 heavy (non-hydrogen) atoms. The van der Waals surface area contributed by atoms with Gasteiger partial charge in [-0.3, -0.25) is 4.79 Å². The van der Waals surface area contributed by atoms with Crippen molar-refractivity contribution in [2.24, 2.45) is 5.10 Å². The Balaban J connectivity index is 1.98. The molecule has 0 atom stereocenters. The Hall–Kier alpha value is -2.21. The Morgan fingerprint density at radius 3 is 2.70 bits per heavy atom. The summed E-state index contributed by atoms with van der Waals surface area (Å²) in [6.07, 6.45) is 2.61. The number of nitrogens with two attached hydrogens (primary N) is 1. The van der Waals surface area contributed by atoms with Gasteiger partial charge in [0.25, 0.3) is 5.91 Å². The van der Waals surface area contributed by atoms with Crippen molar-refractivity contribution in [3.8, 4) is 0 Å². The third-order valence-electron chi connectivity index (χ3n) is 2.79. The van der Waals surface area contributed by atoms with Crippen molar-refractivity contribution in [2.45, 2.75) is 20.3 Å². The van der Waals surface area contributed by atoms with Crippen LogP contribution in [0, 0.1) is 6.92 Å². The number of amides is 1. The van der Waals surface area contributed by atoms with Gasteiger partial charge in [0, 0.05) is 0 Å². The first kappa shape index (κ1) is 14.2. The molecule has 0 aliphatic heterocycles. The van der Waals surface area contributed by atoms with Crippen LogP contribution in [0.5, 0.6) is 0 Å². The number of nitrogen functional groups attached to an aromatic ring is 1. The second-order valence-electron chi connectivity index (χ2n) is 4.26. The van der Waals surface area contributed by atoms with Gasteiger partial charge in [-0.15, -0.1) is 0 Å². The van der Waals surface area contributed by atoms with E-state index in [9.17, 15) is 4.79 Å². The number of aromatic nitrogens is 1. The average Bonchev–Trinajstić information content (AvgIpc) is 2.78. The molecule has 0 saturated carbocycles. The summed E-state index contributed by atoms with van der Waals surface area (Å²) in [5.74, 6) is -0.293. The largest absolute Gasteiger partial charge is 0.375 e. The maximum Gasteiger partial charge on any atom is 0.283 e. The highest BCUT2D eigenvalue weighted by molar-refractivity contribution is 7.17. The molecule has 0 saturated heterocycles. The molecular formula is C14H16N4OS. The van der Waals surface area contributed by atoms with E-state index in [1.54, 1.807) is 13.1 Å². The Kier molecular flexibility index (Phi) is 4.47. The summed E-state index contributed by atoms with van der Waals surface area (Å²) in [6, 6.07) is 8.00. The lowest BCUT2D eigenvalue weighted by Crippen LogP contribution is -2.17. The number of benzene rings is 1. The van der Waals surface area contributed by atoms with Gasteiger partial charge in [0.1, 0.15) is 4.88 Å². The number of hydrazone groups is 1. The summed E-state index contributed by atoms with van der Waals surface area (Å²) in [4.78, 5) is 16.3. The highest BCUT2D eigenvalue weighted by Crippen LogP contribution is 2.19. The Morgan fingerprint density at radius 1 is 1.45 bits per heavy atom. The lowest BCUT2D eigenvalue weighted by atomic mass is 10.1. The fourth-order valence-corrected chi connectivity index (χ4v) is 2.41. The monoisotopic (exact) mass is 288 g/mol. The first-order valence-electron chi connectivity index (χ1n) is 6.25. The predicted molar refractivity (Wildman–Crippen MR) is 82.1 cm³/mol. The van der Waals surface area contributed by atoms with Gasteiger partial charge >= 0.3 is 0 Å². The number of nitrogens with zero attached hydrogens (tertiary/aromatic N) is 2. The molecule has 104 valence electrons. The normalized spacial score (nSPS) is 10.9. The molecule has 0 fully saturated rings. The predicted octanol–water partition coefficient (Wildman–Crippen LogP) is 2.36. The zero-order valence-corrected chi connectivity index (χ0v) is 12.2. The number of nitrogens with one attached hydrogen (secondary N) is 1. The topological polar surface area (TPSA) is 80.4 Å². The van der Waals surface area contributed by atoms with Gasteiger partial charge in [-0.25, -0.2) is 10.4 Å². The number of hydrogen-bond donors (Lipinski definition) is 2. The third kappa shape index (κ3) is 3.42. The number of hydrogen-bond acceptors (Lipinski definition) is 5. The smallest absolute Gasteiger partial charge is 0.283 e. The summed E-state index contributed by atoms with van der Waals surface area (Å²) in [7, 11) is 0. The number of rotatable bonds is 4. The molecule has 0 aliphatic rings. The van der Waals surface area contributed by atoms with Crippen molar-refractivity contribution >= 4 is 28.6 Å². The second kappa shape index (κ2) is 6.29. The third-order valence-corrected chi connectivity index (χ3v) is 3.77. The van der Waals surface area contributed by atoms with E-state index in [-0.39, 0.29) is 5.91 Å². The minimum Gasteiger partial charge on any atom is -0.375 e. The molecule has 6 heteroatoms. The van der Waals surface area contributed by atoms with Gasteiger partial charge in [-0.1, -0.05) is 42.5 Å². The van der Waals surface area contributed by atoms with Crippen LogP contribution >= 0.6 is 11.3 Å². The van der Waals surface area contributed by atoms with Crippen LogP contribution in [-0.2, 0) is 6.42 Å². The molecule has 5 nitrogen and oxygen atoms in total. The van der Waals surface area contributed by atoms with Crippen molar-refractivity contribution in [2.75, 3.05) is 5.73 Å². The summed E-state index contributed by atoms with van der Waals surface area (Å²) in [5, 5.41) is 4.32. The van der Waals surface area contributed by atoms with E-state index in [2.05, 4.69) is 22.4 Å². The number of thiazole rings is 1. The maximum absolute atomic E-state index is 11.9. The molecular weight excluding hydrogens is 272 g/mol. The number of carbonyl (C=O) groups excluding carboxylic acids is 1. The van der Waals surface area contributed by atoms with Gasteiger partial charge in [0.15, 0.2) is 5.13 Å². The van der Waals surface area contributed by atoms with Crippen molar-refractivity contribution in [1.82, 2.24) is 10.4 Å². The lowest BCUT2D eigenvalue weighted by molar-refractivity contribution is 0.0958. The molecule has 0 spiro atoms. The van der Waals surface area contributed by atoms with Crippen LogP contribution in [0.3, 0.4) is 0 Å². The number of anilines is 1. The molecule has 1 aromatic carbocycles. The maximum atomic E-state index is 11.9. The molecule has 3 N–H and O–H groups in total. The van der Waals surface area contributed by atoms with Crippen molar-refractivity contribution in [3.05, 3.63) is 46.0 Å². The zero-order chi connectivity index (χ0) is 14.5. The fourth-order valence-electron chi connectivity index (χ4n) is 1.68. The van der Waals surface area contributed by atoms with E-state index in [0.29, 0.717) is 15.7 Å². The molecule has 2 rings (SSSR count). The van der Waals surface area contributed by atoms with Crippen molar-refractivity contribution in [3.63, 3.8) is 0 Å². The SMILES string of the molecule is CCc1ccc(C=NNC(=O)c2sc(N)nc2C)cc1. The second-order valence-corrected chi connectivity index (χ2v) is 5.29. The zero-order valence-electron chi connectivity index (χ0n) is 11.4. The molecule has 2 aromatic rings. The van der Waals surface area contributed by atoms with Gasteiger partial charge in [0.05, 0.1) is 11.9 Å². The van der Waals surface area contributed by atoms with Crippen LogP contribution in [0.4, 0.5) is 5.13 Å². The van der Waals surface area contributed by atoms with E-state index < -0.39 is 0 Å². The molecule has 1 aromatic heterocycles. The highest BCUT2D eigenvalue weighted by Gasteiger charge is 2.12. The van der Waals surface area contributed by atoms with Gasteiger partial charge in [0.2, 0.25) is 0 Å². The Bertz CT molecular complexity index is 631. The minimum absolute atomic E-state index is 0.293. The summed E-state index contributed by atoms with van der Waals surface area (Å²) in [6.45, 7) is 3.85. The lowest BCUT2D eigenvalue weighted by Gasteiger charge is -1.98. The van der Waals surface area contributed by atoms with E-state index in [0.717, 1.165) is 23.3 Å². The highest BCUT2D eigenvalue weighted by atomic mass is 32.1. The van der Waals surface area contributed by atoms with Crippen molar-refractivity contribution in [1.29, 1.82) is 0 Å². The van der Waals surface area contributed by atoms with Crippen LogP contribution < -0.4 is 11.2 Å². The van der Waals surface area contributed by atoms with E-state index in [1.807, 2.05) is 24.3 Å². The van der Waals surface area contributed by atoms with E-state index >= 15 is 0 Å². The number of aryl methyl sites for hydroxylation is 2. The number of carbonyl (C=O) groups is 1. The van der Waals surface area contributed by atoms with Crippen molar-refractivity contribution < 1.29 is 4.79 Å². The summed E-state index contributed by atoms with van der Waals surface area (Å²) in [5.41, 5.74) is 10.8. The minimum atomic E-state index is -0.293. The van der Waals surface area contributed by atoms with Gasteiger partial charge in [-0.2, -0.15) is 5.10 Å². The Morgan fingerprint density at radius 2 is 2.15 bits per heavy atom. The fraction of sp³-hybridized carbons (Fsp3) is 0.214. The first-order chi connectivity index (χ1) is 9.60. The van der Waals surface area contributed by atoms with Crippen LogP contribution in [0.25, 0.3) is 0 Å². The van der Waals surface area contributed by atoms with Crippen LogP contribution in [0.15, 0.2) is 29.4 Å². The molecule has 0 radical (unpaired) electrons. The van der Waals surface area contributed by atoms with Crippen LogP contribution in [-0.4, -0.2) is 17.1 Å². The molecule has 1 amide bonds. The quantitative estimate of drug-likeness (QED) is 0.669. The Labute approximate surface area is 121 Å². The summed E-state index contributed by atoms with van der Waals surface area (Å²) < 4.78 is 0. The molecule has 0 aliphatic carbocycles. The van der Waals surface area contributed by atoms with Crippen LogP contribution in [0.1, 0.15) is 33.4 Å². The summed E-state index contributed by atoms with van der Waals surface area (Å²) >= 11 is 1.15. The van der Waals surface area contributed by atoms with Crippen LogP contribution in [0.2, 0.25) is 0 Å². The van der Waals surface area contributed by atoms with Gasteiger partial charge in [-0.05, 0) is 24.5 Å².